The molecule has 5 nitrogen and oxygen atoms in total. The van der Waals surface area contributed by atoms with Crippen molar-refractivity contribution in [2.45, 2.75) is 6.18 Å². The molecule has 0 aliphatic heterocycles. The van der Waals surface area contributed by atoms with Gasteiger partial charge in [0.1, 0.15) is 0 Å². The normalized spacial score (nSPS) is 11.2. The predicted octanol–water partition coefficient (Wildman–Crippen LogP) is 2.94. The minimum atomic E-state index is -4.47. The van der Waals surface area contributed by atoms with Crippen LogP contribution in [0.2, 0.25) is 0 Å². The van der Waals surface area contributed by atoms with Crippen LogP contribution in [0.1, 0.15) is 15.9 Å². The first kappa shape index (κ1) is 15.8. The topological polar surface area (TPSA) is 67.0 Å². The Morgan fingerprint density at radius 3 is 2.91 bits per heavy atom. The Balaban J connectivity index is 2.29. The van der Waals surface area contributed by atoms with Gasteiger partial charge in [0.05, 0.1) is 29.6 Å². The van der Waals surface area contributed by atoms with Crippen LogP contribution >= 0.6 is 0 Å². The Kier molecular flexibility index (Phi) is 4.62. The number of benzene rings is 1. The van der Waals surface area contributed by atoms with Crippen molar-refractivity contribution in [3.8, 4) is 11.3 Å². The molecule has 0 spiro atoms. The molecular formula is C14H12F3N3O2. The van der Waals surface area contributed by atoms with Crippen LogP contribution in [0, 0.1) is 0 Å². The monoisotopic (exact) mass is 311 g/mol. The summed E-state index contributed by atoms with van der Waals surface area (Å²) >= 11 is 0. The number of hydroxylamine groups is 1. The van der Waals surface area contributed by atoms with E-state index in [1.54, 1.807) is 0 Å². The number of amides is 1. The molecule has 116 valence electrons. The molecule has 1 amide bonds. The Morgan fingerprint density at radius 1 is 1.45 bits per heavy atom. The summed E-state index contributed by atoms with van der Waals surface area (Å²) in [4.78, 5) is 16.7. The lowest BCUT2D eigenvalue weighted by Crippen LogP contribution is -2.23. The Morgan fingerprint density at radius 2 is 2.23 bits per heavy atom. The number of hydrogen-bond acceptors (Lipinski definition) is 3. The molecule has 2 aromatic rings. The summed E-state index contributed by atoms with van der Waals surface area (Å²) in [5.41, 5.74) is 1.78. The van der Waals surface area contributed by atoms with E-state index in [-0.39, 0.29) is 23.4 Å². The van der Waals surface area contributed by atoms with Crippen molar-refractivity contribution in [2.75, 3.05) is 6.61 Å². The van der Waals surface area contributed by atoms with Crippen molar-refractivity contribution in [1.29, 1.82) is 0 Å². The lowest BCUT2D eigenvalue weighted by Gasteiger charge is -2.09. The van der Waals surface area contributed by atoms with Crippen LogP contribution in [0.4, 0.5) is 13.2 Å². The molecule has 1 aromatic carbocycles. The summed E-state index contributed by atoms with van der Waals surface area (Å²) < 4.78 is 38.2. The van der Waals surface area contributed by atoms with Crippen LogP contribution in [0.5, 0.6) is 0 Å². The highest BCUT2D eigenvalue weighted by atomic mass is 19.4. The second-order valence-corrected chi connectivity index (χ2v) is 4.27. The zero-order valence-corrected chi connectivity index (χ0v) is 11.3. The summed E-state index contributed by atoms with van der Waals surface area (Å²) in [5.74, 6) is -0.622. The van der Waals surface area contributed by atoms with E-state index >= 15 is 0 Å². The number of nitrogens with one attached hydrogen (secondary N) is 2. The second-order valence-electron chi connectivity index (χ2n) is 4.27. The first-order valence-electron chi connectivity index (χ1n) is 6.17. The molecule has 0 atom stereocenters. The smallest absolute Gasteiger partial charge is 0.277 e. The van der Waals surface area contributed by atoms with Crippen LogP contribution in [-0.2, 0) is 11.0 Å². The van der Waals surface area contributed by atoms with E-state index in [1.807, 2.05) is 0 Å². The fourth-order valence-electron chi connectivity index (χ4n) is 1.75. The first-order valence-corrected chi connectivity index (χ1v) is 6.17. The molecule has 0 bridgehead atoms. The quantitative estimate of drug-likeness (QED) is 0.507. The second kappa shape index (κ2) is 6.44. The molecule has 1 heterocycles. The van der Waals surface area contributed by atoms with Crippen molar-refractivity contribution in [2.24, 2.45) is 0 Å². The molecule has 0 aliphatic rings. The van der Waals surface area contributed by atoms with Crippen molar-refractivity contribution in [1.82, 2.24) is 15.7 Å². The number of hydrogen-bond donors (Lipinski definition) is 2. The zero-order valence-electron chi connectivity index (χ0n) is 11.3. The van der Waals surface area contributed by atoms with Gasteiger partial charge in [0.2, 0.25) is 0 Å². The molecule has 0 saturated heterocycles. The molecule has 22 heavy (non-hydrogen) atoms. The minimum absolute atomic E-state index is 0.0726. The van der Waals surface area contributed by atoms with Crippen LogP contribution in [-0.4, -0.2) is 22.7 Å². The fraction of sp³-hybridized carbons (Fsp3) is 0.143. The highest BCUT2D eigenvalue weighted by molar-refractivity contribution is 5.99. The van der Waals surface area contributed by atoms with E-state index in [1.165, 1.54) is 24.4 Å². The van der Waals surface area contributed by atoms with Crippen molar-refractivity contribution in [3.63, 3.8) is 0 Å². The molecule has 0 fully saturated rings. The largest absolute Gasteiger partial charge is 0.416 e. The highest BCUT2D eigenvalue weighted by Gasteiger charge is 2.30. The number of alkyl halides is 3. The van der Waals surface area contributed by atoms with Crippen LogP contribution < -0.4 is 5.48 Å². The molecule has 2 N–H and O–H groups in total. The van der Waals surface area contributed by atoms with Crippen molar-refractivity contribution >= 4 is 5.91 Å². The van der Waals surface area contributed by atoms with E-state index in [2.05, 4.69) is 22.3 Å². The average molecular weight is 311 g/mol. The van der Waals surface area contributed by atoms with Gasteiger partial charge in [-0.25, -0.2) is 5.48 Å². The maximum atomic E-state index is 12.7. The fourth-order valence-corrected chi connectivity index (χ4v) is 1.75. The zero-order chi connectivity index (χ0) is 16.2. The van der Waals surface area contributed by atoms with Gasteiger partial charge in [0.25, 0.3) is 5.91 Å². The first-order chi connectivity index (χ1) is 10.4. The maximum absolute atomic E-state index is 12.7. The summed E-state index contributed by atoms with van der Waals surface area (Å²) in [6.45, 7) is 3.52. The van der Waals surface area contributed by atoms with E-state index in [0.29, 0.717) is 0 Å². The number of nitrogens with zero attached hydrogens (tertiary/aromatic N) is 1. The van der Waals surface area contributed by atoms with Crippen LogP contribution in [0.3, 0.4) is 0 Å². The van der Waals surface area contributed by atoms with E-state index in [4.69, 9.17) is 4.84 Å². The van der Waals surface area contributed by atoms with Gasteiger partial charge in [-0.15, -0.1) is 6.58 Å². The summed E-state index contributed by atoms with van der Waals surface area (Å²) in [6, 6.07) is 4.60. The molecule has 2 rings (SSSR count). The molecule has 0 radical (unpaired) electrons. The third-order valence-electron chi connectivity index (χ3n) is 2.73. The predicted molar refractivity (Wildman–Crippen MR) is 72.6 cm³/mol. The van der Waals surface area contributed by atoms with Gasteiger partial charge < -0.3 is 0 Å². The Labute approximate surface area is 123 Å². The lowest BCUT2D eigenvalue weighted by molar-refractivity contribution is -0.137. The Hall–Kier alpha value is -2.61. The molecule has 0 unspecified atom stereocenters. The SMILES string of the molecule is C=CCONC(=O)c1cn[nH]c1-c1cccc(C(F)(F)F)c1. The minimum Gasteiger partial charge on any atom is -0.277 e. The van der Waals surface area contributed by atoms with Crippen LogP contribution in [0.15, 0.2) is 43.1 Å². The van der Waals surface area contributed by atoms with Gasteiger partial charge in [-0.1, -0.05) is 18.2 Å². The highest BCUT2D eigenvalue weighted by Crippen LogP contribution is 2.32. The van der Waals surface area contributed by atoms with Gasteiger partial charge in [-0.05, 0) is 12.1 Å². The third kappa shape index (κ3) is 3.53. The van der Waals surface area contributed by atoms with Crippen LogP contribution in [0.25, 0.3) is 11.3 Å². The van der Waals surface area contributed by atoms with Gasteiger partial charge >= 0.3 is 6.18 Å². The number of rotatable bonds is 5. The van der Waals surface area contributed by atoms with Gasteiger partial charge in [-0.3, -0.25) is 14.7 Å². The molecular weight excluding hydrogens is 299 g/mol. The average Bonchev–Trinajstić information content (AvgIpc) is 2.96. The number of aromatic nitrogens is 2. The summed E-state index contributed by atoms with van der Waals surface area (Å²) in [5, 5.41) is 6.22. The van der Waals surface area contributed by atoms with Gasteiger partial charge in [0, 0.05) is 5.56 Å². The Bertz CT molecular complexity index is 680. The number of H-pyrrole nitrogens is 1. The van der Waals surface area contributed by atoms with Crippen molar-refractivity contribution < 1.29 is 22.8 Å². The molecule has 8 heteroatoms. The number of aromatic amines is 1. The molecule has 0 saturated carbocycles. The summed E-state index contributed by atoms with van der Waals surface area (Å²) in [6.07, 6.45) is -1.82. The van der Waals surface area contributed by atoms with Crippen molar-refractivity contribution in [3.05, 3.63) is 54.2 Å². The standard InChI is InChI=1S/C14H12F3N3O2/c1-2-6-22-20-13(21)11-8-18-19-12(11)9-4-3-5-10(7-9)14(15,16)17/h2-5,7-8H,1,6H2,(H,18,19)(H,20,21). The molecule has 0 aliphatic carbocycles. The maximum Gasteiger partial charge on any atom is 0.416 e. The van der Waals surface area contributed by atoms with E-state index < -0.39 is 17.6 Å². The lowest BCUT2D eigenvalue weighted by atomic mass is 10.0. The van der Waals surface area contributed by atoms with E-state index in [9.17, 15) is 18.0 Å². The summed E-state index contributed by atoms with van der Waals surface area (Å²) in [7, 11) is 0. The van der Waals surface area contributed by atoms with Gasteiger partial charge in [0.15, 0.2) is 0 Å². The number of halogens is 3. The number of carbonyl (C=O) groups excluding carboxylic acids is 1. The molecule has 1 aromatic heterocycles. The third-order valence-corrected chi connectivity index (χ3v) is 2.73. The van der Waals surface area contributed by atoms with E-state index in [0.717, 1.165) is 12.1 Å². The number of carbonyl (C=O) groups is 1. The van der Waals surface area contributed by atoms with Gasteiger partial charge in [-0.2, -0.15) is 18.3 Å².